The summed E-state index contributed by atoms with van der Waals surface area (Å²) in [6, 6.07) is 21.5. The minimum atomic E-state index is -0.302. The second-order valence-electron chi connectivity index (χ2n) is 5.99. The quantitative estimate of drug-likeness (QED) is 0.714. The summed E-state index contributed by atoms with van der Waals surface area (Å²) in [4.78, 5) is 12.4. The number of benzene rings is 3. The van der Waals surface area contributed by atoms with Crippen molar-refractivity contribution < 1.29 is 14.3 Å². The standard InChI is InChI=1S/C21H17N2O3/c1-14-5-4-6-16(11-14)22-21(24)23-18-8-3-2-7-17(18)15-9-10-19-20(12-15)26-13-25-19/h3-12H,13H2,1H3,(H2,22,23,24). The van der Waals surface area contributed by atoms with Crippen LogP contribution < -0.4 is 20.1 Å². The molecule has 1 radical (unpaired) electrons. The number of hydrogen-bond donors (Lipinski definition) is 2. The summed E-state index contributed by atoms with van der Waals surface area (Å²) in [5.74, 6) is 1.42. The molecule has 0 atom stereocenters. The van der Waals surface area contributed by atoms with Crippen LogP contribution in [0.2, 0.25) is 0 Å². The van der Waals surface area contributed by atoms with Crippen LogP contribution in [0.5, 0.6) is 11.5 Å². The maximum absolute atomic E-state index is 12.4. The lowest BCUT2D eigenvalue weighted by molar-refractivity contribution is 0.174. The SMILES string of the molecule is Cc1cccc(NC(=O)Nc2cc[c]cc2-c2ccc3c(c2)OCO3)c1. The Bertz CT molecular complexity index is 969. The van der Waals surface area contributed by atoms with Crippen molar-refractivity contribution in [2.24, 2.45) is 0 Å². The van der Waals surface area contributed by atoms with Crippen LogP contribution in [0.4, 0.5) is 16.2 Å². The van der Waals surface area contributed by atoms with Gasteiger partial charge in [-0.05, 0) is 60.5 Å². The van der Waals surface area contributed by atoms with Gasteiger partial charge in [0.2, 0.25) is 6.79 Å². The fourth-order valence-corrected chi connectivity index (χ4v) is 2.85. The lowest BCUT2D eigenvalue weighted by Crippen LogP contribution is -2.19. The maximum Gasteiger partial charge on any atom is 0.323 e. The number of carbonyl (C=O) groups is 1. The molecule has 0 bridgehead atoms. The van der Waals surface area contributed by atoms with E-state index in [4.69, 9.17) is 9.47 Å². The Kier molecular flexibility index (Phi) is 4.19. The molecule has 0 saturated carbocycles. The van der Waals surface area contributed by atoms with Crippen LogP contribution in [0.3, 0.4) is 0 Å². The Morgan fingerprint density at radius 1 is 1.04 bits per heavy atom. The molecule has 3 aromatic rings. The molecule has 5 heteroatoms. The Morgan fingerprint density at radius 3 is 2.81 bits per heavy atom. The molecule has 4 rings (SSSR count). The van der Waals surface area contributed by atoms with E-state index in [0.29, 0.717) is 11.4 Å². The molecule has 26 heavy (non-hydrogen) atoms. The summed E-state index contributed by atoms with van der Waals surface area (Å²) >= 11 is 0. The van der Waals surface area contributed by atoms with Crippen LogP contribution in [0.15, 0.2) is 60.7 Å². The minimum Gasteiger partial charge on any atom is -0.454 e. The van der Waals surface area contributed by atoms with Crippen LogP contribution >= 0.6 is 0 Å². The number of urea groups is 1. The van der Waals surface area contributed by atoms with E-state index in [1.165, 1.54) is 0 Å². The van der Waals surface area contributed by atoms with E-state index in [-0.39, 0.29) is 12.8 Å². The smallest absolute Gasteiger partial charge is 0.323 e. The first-order valence-corrected chi connectivity index (χ1v) is 8.24. The summed E-state index contributed by atoms with van der Waals surface area (Å²) in [5, 5.41) is 5.75. The molecule has 0 fully saturated rings. The van der Waals surface area contributed by atoms with Gasteiger partial charge in [0.1, 0.15) is 0 Å². The minimum absolute atomic E-state index is 0.226. The highest BCUT2D eigenvalue weighted by Crippen LogP contribution is 2.37. The van der Waals surface area contributed by atoms with Gasteiger partial charge in [0.15, 0.2) is 11.5 Å². The molecule has 0 saturated heterocycles. The molecule has 1 heterocycles. The monoisotopic (exact) mass is 345 g/mol. The van der Waals surface area contributed by atoms with Gasteiger partial charge in [-0.2, -0.15) is 0 Å². The number of carbonyl (C=O) groups excluding carboxylic acids is 1. The number of anilines is 2. The number of fused-ring (bicyclic) bond motifs is 1. The summed E-state index contributed by atoms with van der Waals surface area (Å²) in [7, 11) is 0. The average Bonchev–Trinajstić information content (AvgIpc) is 3.10. The van der Waals surface area contributed by atoms with E-state index in [1.54, 1.807) is 6.07 Å². The number of hydrogen-bond acceptors (Lipinski definition) is 3. The number of rotatable bonds is 3. The van der Waals surface area contributed by atoms with Gasteiger partial charge in [0.05, 0.1) is 5.69 Å². The molecule has 0 aromatic heterocycles. The van der Waals surface area contributed by atoms with Crippen molar-refractivity contribution in [2.75, 3.05) is 17.4 Å². The van der Waals surface area contributed by atoms with Crippen molar-refractivity contribution in [3.63, 3.8) is 0 Å². The highest BCUT2D eigenvalue weighted by Gasteiger charge is 2.15. The van der Waals surface area contributed by atoms with Gasteiger partial charge >= 0.3 is 6.03 Å². The zero-order valence-corrected chi connectivity index (χ0v) is 14.2. The second kappa shape index (κ2) is 6.80. The number of aryl methyl sites for hydroxylation is 1. The third-order valence-electron chi connectivity index (χ3n) is 4.07. The summed E-state index contributed by atoms with van der Waals surface area (Å²) in [6.45, 7) is 2.21. The molecule has 1 aliphatic rings. The van der Waals surface area contributed by atoms with Gasteiger partial charge in [0, 0.05) is 11.3 Å². The summed E-state index contributed by atoms with van der Waals surface area (Å²) < 4.78 is 10.8. The van der Waals surface area contributed by atoms with Gasteiger partial charge in [-0.25, -0.2) is 4.79 Å². The van der Waals surface area contributed by atoms with E-state index >= 15 is 0 Å². The molecule has 2 amide bonds. The Hall–Kier alpha value is -3.47. The Labute approximate surface area is 151 Å². The van der Waals surface area contributed by atoms with Crippen molar-refractivity contribution in [1.82, 2.24) is 0 Å². The maximum atomic E-state index is 12.4. The number of amides is 2. The molecular formula is C21H17N2O3. The molecule has 3 aromatic carbocycles. The molecule has 129 valence electrons. The van der Waals surface area contributed by atoms with Crippen LogP contribution in [-0.4, -0.2) is 12.8 Å². The van der Waals surface area contributed by atoms with E-state index in [2.05, 4.69) is 16.7 Å². The number of nitrogens with one attached hydrogen (secondary N) is 2. The molecule has 5 nitrogen and oxygen atoms in total. The zero-order valence-electron chi connectivity index (χ0n) is 14.2. The largest absolute Gasteiger partial charge is 0.454 e. The van der Waals surface area contributed by atoms with Crippen LogP contribution in [-0.2, 0) is 0 Å². The topological polar surface area (TPSA) is 59.6 Å². The average molecular weight is 345 g/mol. The highest BCUT2D eigenvalue weighted by atomic mass is 16.7. The highest BCUT2D eigenvalue weighted by molar-refractivity contribution is 6.02. The van der Waals surface area contributed by atoms with E-state index in [0.717, 1.165) is 28.1 Å². The lowest BCUT2D eigenvalue weighted by Gasteiger charge is -2.13. The first kappa shape index (κ1) is 16.0. The predicted molar refractivity (Wildman–Crippen MR) is 101 cm³/mol. The number of ether oxygens (including phenoxy) is 2. The van der Waals surface area contributed by atoms with Gasteiger partial charge in [-0.3, -0.25) is 0 Å². The molecule has 0 aliphatic carbocycles. The van der Waals surface area contributed by atoms with Gasteiger partial charge in [0.25, 0.3) is 0 Å². The lowest BCUT2D eigenvalue weighted by atomic mass is 10.0. The van der Waals surface area contributed by atoms with E-state index < -0.39 is 0 Å². The third kappa shape index (κ3) is 3.32. The van der Waals surface area contributed by atoms with Crippen molar-refractivity contribution in [2.45, 2.75) is 6.92 Å². The fourth-order valence-electron chi connectivity index (χ4n) is 2.85. The first-order chi connectivity index (χ1) is 12.7. The van der Waals surface area contributed by atoms with E-state index in [1.807, 2.05) is 61.5 Å². The van der Waals surface area contributed by atoms with Gasteiger partial charge in [-0.15, -0.1) is 0 Å². The molecule has 0 spiro atoms. The first-order valence-electron chi connectivity index (χ1n) is 8.24. The van der Waals surface area contributed by atoms with Gasteiger partial charge in [-0.1, -0.05) is 24.3 Å². The zero-order chi connectivity index (χ0) is 17.9. The third-order valence-corrected chi connectivity index (χ3v) is 4.07. The van der Waals surface area contributed by atoms with Crippen molar-refractivity contribution >= 4 is 17.4 Å². The van der Waals surface area contributed by atoms with Crippen LogP contribution in [0, 0.1) is 13.0 Å². The summed E-state index contributed by atoms with van der Waals surface area (Å²) in [6.07, 6.45) is 0. The van der Waals surface area contributed by atoms with Crippen LogP contribution in [0.25, 0.3) is 11.1 Å². The Morgan fingerprint density at radius 2 is 1.92 bits per heavy atom. The van der Waals surface area contributed by atoms with Gasteiger partial charge < -0.3 is 20.1 Å². The second-order valence-corrected chi connectivity index (χ2v) is 5.99. The Balaban J connectivity index is 1.57. The van der Waals surface area contributed by atoms with Crippen LogP contribution in [0.1, 0.15) is 5.56 Å². The molecular weight excluding hydrogens is 328 g/mol. The van der Waals surface area contributed by atoms with Crippen molar-refractivity contribution in [3.05, 3.63) is 72.3 Å². The van der Waals surface area contributed by atoms with Crippen molar-refractivity contribution in [3.8, 4) is 22.6 Å². The predicted octanol–water partition coefficient (Wildman–Crippen LogP) is 4.83. The normalized spacial score (nSPS) is 11.9. The van der Waals surface area contributed by atoms with Crippen molar-refractivity contribution in [1.29, 1.82) is 0 Å². The summed E-state index contributed by atoms with van der Waals surface area (Å²) in [5.41, 5.74) is 4.28. The molecule has 0 unspecified atom stereocenters. The molecule has 1 aliphatic heterocycles. The van der Waals surface area contributed by atoms with E-state index in [9.17, 15) is 4.79 Å². The fraction of sp³-hybridized carbons (Fsp3) is 0.0952. The molecule has 2 N–H and O–H groups in total.